The van der Waals surface area contributed by atoms with Crippen molar-refractivity contribution < 1.29 is 13.5 Å². The summed E-state index contributed by atoms with van der Waals surface area (Å²) in [6.45, 7) is -0.846. The number of benzene rings is 1. The van der Waals surface area contributed by atoms with Crippen LogP contribution in [0.25, 0.3) is 0 Å². The van der Waals surface area contributed by atoms with Gasteiger partial charge in [0, 0.05) is 18.3 Å². The van der Waals surface area contributed by atoms with Gasteiger partial charge in [-0.3, -0.25) is 4.98 Å². The van der Waals surface area contributed by atoms with Crippen LogP contribution >= 0.6 is 11.6 Å². The van der Waals surface area contributed by atoms with E-state index in [2.05, 4.69) is 9.72 Å². The summed E-state index contributed by atoms with van der Waals surface area (Å²) in [5.41, 5.74) is 2.83. The second kappa shape index (κ2) is 6.66. The predicted octanol–water partition coefficient (Wildman–Crippen LogP) is 4.51. The lowest BCUT2D eigenvalue weighted by atomic mass is 10.1. The smallest absolute Gasteiger partial charge is 0.387 e. The van der Waals surface area contributed by atoms with E-state index >= 15 is 0 Å². The second-order valence-corrected chi connectivity index (χ2v) is 4.97. The first-order chi connectivity index (χ1) is 9.54. The molecule has 0 spiro atoms. The van der Waals surface area contributed by atoms with Crippen LogP contribution < -0.4 is 4.74 Å². The zero-order chi connectivity index (χ0) is 14.5. The first kappa shape index (κ1) is 14.7. The van der Waals surface area contributed by atoms with Crippen molar-refractivity contribution in [2.75, 3.05) is 0 Å². The fourth-order valence-corrected chi connectivity index (χ4v) is 2.08. The van der Waals surface area contributed by atoms with Gasteiger partial charge in [-0.15, -0.1) is 11.6 Å². The number of halogens is 3. The van der Waals surface area contributed by atoms with Crippen LogP contribution in [0.5, 0.6) is 5.75 Å². The molecule has 1 atom stereocenters. The molecule has 0 saturated heterocycles. The molecule has 0 radical (unpaired) electrons. The van der Waals surface area contributed by atoms with Gasteiger partial charge in [0.15, 0.2) is 0 Å². The number of hydrogen-bond acceptors (Lipinski definition) is 2. The van der Waals surface area contributed by atoms with Crippen molar-refractivity contribution >= 4 is 11.6 Å². The molecule has 0 bridgehead atoms. The van der Waals surface area contributed by atoms with Crippen LogP contribution in [0.4, 0.5) is 8.78 Å². The largest absolute Gasteiger partial charge is 0.435 e. The maximum atomic E-state index is 12.0. The van der Waals surface area contributed by atoms with Crippen LogP contribution in [0.1, 0.15) is 22.2 Å². The van der Waals surface area contributed by atoms with E-state index in [4.69, 9.17) is 11.6 Å². The summed E-state index contributed by atoms with van der Waals surface area (Å²) in [7, 11) is 0. The lowest BCUT2D eigenvalue weighted by Crippen LogP contribution is -2.02. The molecule has 1 heterocycles. The van der Waals surface area contributed by atoms with Gasteiger partial charge < -0.3 is 4.74 Å². The first-order valence-electron chi connectivity index (χ1n) is 6.15. The highest BCUT2D eigenvalue weighted by atomic mass is 35.5. The molecule has 0 saturated carbocycles. The van der Waals surface area contributed by atoms with Gasteiger partial charge in [-0.2, -0.15) is 8.78 Å². The number of pyridine rings is 1. The van der Waals surface area contributed by atoms with Gasteiger partial charge in [0.1, 0.15) is 5.75 Å². The topological polar surface area (TPSA) is 22.1 Å². The van der Waals surface area contributed by atoms with E-state index in [0.717, 1.165) is 16.8 Å². The molecule has 20 heavy (non-hydrogen) atoms. The Hall–Kier alpha value is -1.68. The molecule has 0 amide bonds. The van der Waals surface area contributed by atoms with Crippen molar-refractivity contribution in [3.05, 3.63) is 59.4 Å². The SMILES string of the molecule is Cc1ccc(CC(Cl)c2ccc(OC(F)F)cc2)nc1. The van der Waals surface area contributed by atoms with Crippen molar-refractivity contribution in [2.45, 2.75) is 25.3 Å². The summed E-state index contributed by atoms with van der Waals surface area (Å²) in [6.07, 6.45) is 2.37. The summed E-state index contributed by atoms with van der Waals surface area (Å²) in [4.78, 5) is 4.29. The highest BCUT2D eigenvalue weighted by Crippen LogP contribution is 2.26. The fraction of sp³-hybridized carbons (Fsp3) is 0.267. The maximum Gasteiger partial charge on any atom is 0.387 e. The number of hydrogen-bond donors (Lipinski definition) is 0. The number of aromatic nitrogens is 1. The van der Waals surface area contributed by atoms with Crippen molar-refractivity contribution in [3.8, 4) is 5.75 Å². The van der Waals surface area contributed by atoms with Gasteiger partial charge in [0.25, 0.3) is 0 Å². The van der Waals surface area contributed by atoms with Crippen LogP contribution in [-0.4, -0.2) is 11.6 Å². The first-order valence-corrected chi connectivity index (χ1v) is 6.58. The lowest BCUT2D eigenvalue weighted by Gasteiger charge is -2.11. The van der Waals surface area contributed by atoms with Crippen molar-refractivity contribution in [1.29, 1.82) is 0 Å². The van der Waals surface area contributed by atoms with Gasteiger partial charge >= 0.3 is 6.61 Å². The van der Waals surface area contributed by atoms with Gasteiger partial charge in [-0.05, 0) is 36.2 Å². The summed E-state index contributed by atoms with van der Waals surface area (Å²) >= 11 is 6.31. The molecular formula is C15H14ClF2NO. The minimum Gasteiger partial charge on any atom is -0.435 e. The monoisotopic (exact) mass is 297 g/mol. The van der Waals surface area contributed by atoms with Crippen LogP contribution in [0.15, 0.2) is 42.6 Å². The molecule has 2 aromatic rings. The minimum atomic E-state index is -2.82. The van der Waals surface area contributed by atoms with E-state index in [1.54, 1.807) is 18.3 Å². The zero-order valence-corrected chi connectivity index (χ0v) is 11.6. The van der Waals surface area contributed by atoms with E-state index in [1.165, 1.54) is 12.1 Å². The Morgan fingerprint density at radius 1 is 1.15 bits per heavy atom. The zero-order valence-electron chi connectivity index (χ0n) is 10.9. The number of rotatable bonds is 5. The Labute approximate surface area is 121 Å². The average Bonchev–Trinajstić information content (AvgIpc) is 2.41. The van der Waals surface area contributed by atoms with E-state index in [-0.39, 0.29) is 11.1 Å². The highest BCUT2D eigenvalue weighted by molar-refractivity contribution is 6.20. The van der Waals surface area contributed by atoms with Crippen LogP contribution in [-0.2, 0) is 6.42 Å². The normalized spacial score (nSPS) is 12.4. The van der Waals surface area contributed by atoms with E-state index < -0.39 is 6.61 Å². The van der Waals surface area contributed by atoms with Gasteiger partial charge in [-0.1, -0.05) is 18.2 Å². The van der Waals surface area contributed by atoms with Crippen LogP contribution in [0.3, 0.4) is 0 Å². The summed E-state index contributed by atoms with van der Waals surface area (Å²) in [5.74, 6) is 0.126. The molecule has 1 unspecified atom stereocenters. The Kier molecular flexibility index (Phi) is 4.90. The summed E-state index contributed by atoms with van der Waals surface area (Å²) in [5, 5.41) is -0.259. The lowest BCUT2D eigenvalue weighted by molar-refractivity contribution is -0.0498. The van der Waals surface area contributed by atoms with Crippen molar-refractivity contribution in [1.82, 2.24) is 4.98 Å². The van der Waals surface area contributed by atoms with Gasteiger partial charge in [0.05, 0.1) is 5.38 Å². The van der Waals surface area contributed by atoms with Crippen LogP contribution in [0.2, 0.25) is 0 Å². The van der Waals surface area contributed by atoms with Crippen molar-refractivity contribution in [2.24, 2.45) is 0 Å². The third-order valence-corrected chi connectivity index (χ3v) is 3.23. The molecule has 1 aromatic carbocycles. The Bertz CT molecular complexity index is 543. The summed E-state index contributed by atoms with van der Waals surface area (Å²) < 4.78 is 28.4. The Morgan fingerprint density at radius 2 is 1.85 bits per heavy atom. The summed E-state index contributed by atoms with van der Waals surface area (Å²) in [6, 6.07) is 10.2. The third-order valence-electron chi connectivity index (χ3n) is 2.83. The van der Waals surface area contributed by atoms with Gasteiger partial charge in [-0.25, -0.2) is 0 Å². The molecule has 0 fully saturated rings. The van der Waals surface area contributed by atoms with Crippen LogP contribution in [0, 0.1) is 6.92 Å². The van der Waals surface area contributed by atoms with E-state index in [9.17, 15) is 8.78 Å². The second-order valence-electron chi connectivity index (χ2n) is 4.45. The number of alkyl halides is 3. The molecular weight excluding hydrogens is 284 g/mol. The predicted molar refractivity (Wildman–Crippen MR) is 74.3 cm³/mol. The Balaban J connectivity index is 2.01. The maximum absolute atomic E-state index is 12.0. The molecule has 0 aliphatic heterocycles. The number of aryl methyl sites for hydroxylation is 1. The molecule has 0 aliphatic carbocycles. The van der Waals surface area contributed by atoms with E-state index in [0.29, 0.717) is 6.42 Å². The minimum absolute atomic E-state index is 0.126. The molecule has 2 rings (SSSR count). The van der Waals surface area contributed by atoms with E-state index in [1.807, 2.05) is 19.1 Å². The quantitative estimate of drug-likeness (QED) is 0.757. The number of nitrogens with zero attached hydrogens (tertiary/aromatic N) is 1. The third kappa shape index (κ3) is 4.17. The van der Waals surface area contributed by atoms with Crippen molar-refractivity contribution in [3.63, 3.8) is 0 Å². The fourth-order valence-electron chi connectivity index (χ4n) is 1.78. The molecule has 2 nitrogen and oxygen atoms in total. The number of ether oxygens (including phenoxy) is 1. The molecule has 106 valence electrons. The molecule has 1 aromatic heterocycles. The van der Waals surface area contributed by atoms with Gasteiger partial charge in [0.2, 0.25) is 0 Å². The highest BCUT2D eigenvalue weighted by Gasteiger charge is 2.11. The molecule has 0 N–H and O–H groups in total. The molecule has 5 heteroatoms. The molecule has 0 aliphatic rings. The average molecular weight is 298 g/mol. The Morgan fingerprint density at radius 3 is 2.40 bits per heavy atom. The standard InChI is InChI=1S/C15H14ClF2NO/c1-10-2-5-12(19-9-10)8-14(16)11-3-6-13(7-4-11)20-15(17)18/h2-7,9,14-15H,8H2,1H3.